The number of amides is 1. The maximum Gasteiger partial charge on any atom is 0.233 e. The van der Waals surface area contributed by atoms with Crippen LogP contribution < -0.4 is 0 Å². The lowest BCUT2D eigenvalue weighted by atomic mass is 10.1. The van der Waals surface area contributed by atoms with Crippen LogP contribution in [0.5, 0.6) is 0 Å². The zero-order valence-corrected chi connectivity index (χ0v) is 16.8. The number of hydrogen-bond acceptors (Lipinski definition) is 5. The van der Waals surface area contributed by atoms with Gasteiger partial charge in [0.25, 0.3) is 0 Å². The molecule has 0 N–H and O–H groups in total. The van der Waals surface area contributed by atoms with Gasteiger partial charge in [0, 0.05) is 24.6 Å². The van der Waals surface area contributed by atoms with Crippen molar-refractivity contribution in [3.63, 3.8) is 0 Å². The van der Waals surface area contributed by atoms with Crippen molar-refractivity contribution in [1.82, 2.24) is 14.5 Å². The van der Waals surface area contributed by atoms with E-state index >= 15 is 0 Å². The molecule has 0 radical (unpaired) electrons. The van der Waals surface area contributed by atoms with E-state index in [2.05, 4.69) is 37.0 Å². The minimum atomic E-state index is -0.0497. The molecule has 0 atom stereocenters. The van der Waals surface area contributed by atoms with Crippen molar-refractivity contribution in [3.05, 3.63) is 65.9 Å². The Morgan fingerprint density at radius 1 is 1.32 bits per heavy atom. The molecule has 3 rings (SSSR count). The van der Waals surface area contributed by atoms with Crippen LogP contribution >= 0.6 is 11.8 Å². The lowest BCUT2D eigenvalue weighted by Gasteiger charge is -2.20. The zero-order valence-electron chi connectivity index (χ0n) is 16.0. The minimum Gasteiger partial charge on any atom is -0.467 e. The van der Waals surface area contributed by atoms with Gasteiger partial charge in [-0.25, -0.2) is 4.98 Å². The first-order valence-electron chi connectivity index (χ1n) is 8.99. The molecular formula is C21H22N4O2S. The van der Waals surface area contributed by atoms with E-state index in [9.17, 15) is 4.79 Å². The molecule has 2 aromatic heterocycles. The van der Waals surface area contributed by atoms with Crippen LogP contribution in [-0.4, -0.2) is 32.7 Å². The van der Waals surface area contributed by atoms with E-state index in [1.54, 1.807) is 23.4 Å². The Bertz CT molecular complexity index is 973. The largest absolute Gasteiger partial charge is 0.467 e. The van der Waals surface area contributed by atoms with Crippen LogP contribution in [0.1, 0.15) is 23.3 Å². The standard InChI is InChI=1S/C21H22N4O2S/c1-16-6-7-18(13-17(16)2)25-11-9-23-21(25)28-15-20(26)24(10-4-8-22)14-19-5-3-12-27-19/h3,5-7,9,11-13H,4,10,14-15H2,1-2H3. The summed E-state index contributed by atoms with van der Waals surface area (Å²) in [5, 5.41) is 9.64. The Morgan fingerprint density at radius 3 is 2.89 bits per heavy atom. The average molecular weight is 395 g/mol. The number of imidazole rings is 1. The fourth-order valence-corrected chi connectivity index (χ4v) is 3.63. The summed E-state index contributed by atoms with van der Waals surface area (Å²) >= 11 is 1.39. The molecule has 0 unspecified atom stereocenters. The number of rotatable bonds is 8. The van der Waals surface area contributed by atoms with Crippen LogP contribution in [0, 0.1) is 25.2 Å². The molecule has 7 heteroatoms. The van der Waals surface area contributed by atoms with E-state index in [1.165, 1.54) is 22.9 Å². The molecule has 0 saturated carbocycles. The summed E-state index contributed by atoms with van der Waals surface area (Å²) in [7, 11) is 0. The summed E-state index contributed by atoms with van der Waals surface area (Å²) in [6, 6.07) is 11.9. The summed E-state index contributed by atoms with van der Waals surface area (Å²) < 4.78 is 7.32. The zero-order chi connectivity index (χ0) is 19.9. The Balaban J connectivity index is 1.68. The smallest absolute Gasteiger partial charge is 0.233 e. The molecule has 0 aliphatic heterocycles. The number of carbonyl (C=O) groups is 1. The van der Waals surface area contributed by atoms with E-state index in [0.29, 0.717) is 18.8 Å². The van der Waals surface area contributed by atoms with Crippen LogP contribution in [-0.2, 0) is 11.3 Å². The Kier molecular flexibility index (Phi) is 6.56. The van der Waals surface area contributed by atoms with Gasteiger partial charge in [-0.15, -0.1) is 0 Å². The van der Waals surface area contributed by atoms with Crippen LogP contribution in [0.3, 0.4) is 0 Å². The van der Waals surface area contributed by atoms with Crippen molar-refractivity contribution in [3.8, 4) is 11.8 Å². The molecule has 0 bridgehead atoms. The second kappa shape index (κ2) is 9.29. The monoisotopic (exact) mass is 394 g/mol. The van der Waals surface area contributed by atoms with Gasteiger partial charge < -0.3 is 9.32 Å². The molecular weight excluding hydrogens is 372 g/mol. The van der Waals surface area contributed by atoms with Crippen LogP contribution in [0.2, 0.25) is 0 Å². The van der Waals surface area contributed by atoms with Crippen molar-refractivity contribution in [1.29, 1.82) is 5.26 Å². The van der Waals surface area contributed by atoms with Gasteiger partial charge >= 0.3 is 0 Å². The molecule has 0 fully saturated rings. The lowest BCUT2D eigenvalue weighted by Crippen LogP contribution is -2.32. The van der Waals surface area contributed by atoms with E-state index < -0.39 is 0 Å². The summed E-state index contributed by atoms with van der Waals surface area (Å²) in [5.74, 6) is 0.896. The highest BCUT2D eigenvalue weighted by Crippen LogP contribution is 2.23. The number of aryl methyl sites for hydroxylation is 2. The number of thioether (sulfide) groups is 1. The lowest BCUT2D eigenvalue weighted by molar-refractivity contribution is -0.129. The SMILES string of the molecule is Cc1ccc(-n2ccnc2SCC(=O)N(CCC#N)Cc2ccco2)cc1C. The van der Waals surface area contributed by atoms with Crippen molar-refractivity contribution < 1.29 is 9.21 Å². The number of hydrogen-bond donors (Lipinski definition) is 0. The van der Waals surface area contributed by atoms with E-state index in [-0.39, 0.29) is 18.1 Å². The molecule has 0 aliphatic carbocycles. The van der Waals surface area contributed by atoms with Crippen LogP contribution in [0.25, 0.3) is 5.69 Å². The van der Waals surface area contributed by atoms with Crippen molar-refractivity contribution in [2.75, 3.05) is 12.3 Å². The van der Waals surface area contributed by atoms with Crippen molar-refractivity contribution in [2.45, 2.75) is 32.0 Å². The molecule has 6 nitrogen and oxygen atoms in total. The summed E-state index contributed by atoms with van der Waals surface area (Å²) in [6.45, 7) is 4.89. The Morgan fingerprint density at radius 2 is 2.18 bits per heavy atom. The third-order valence-electron chi connectivity index (χ3n) is 4.47. The van der Waals surface area contributed by atoms with E-state index in [0.717, 1.165) is 10.8 Å². The summed E-state index contributed by atoms with van der Waals surface area (Å²) in [6.07, 6.45) is 5.50. The van der Waals surface area contributed by atoms with Crippen LogP contribution in [0.15, 0.2) is 58.6 Å². The molecule has 0 spiro atoms. The van der Waals surface area contributed by atoms with Gasteiger partial charge in [0.15, 0.2) is 5.16 Å². The summed E-state index contributed by atoms with van der Waals surface area (Å²) in [4.78, 5) is 18.8. The number of carbonyl (C=O) groups excluding carboxylic acids is 1. The molecule has 0 aliphatic rings. The molecule has 2 heterocycles. The molecule has 1 aromatic carbocycles. The maximum atomic E-state index is 12.7. The fourth-order valence-electron chi connectivity index (χ4n) is 2.75. The number of aromatic nitrogens is 2. The number of benzene rings is 1. The van der Waals surface area contributed by atoms with Crippen molar-refractivity contribution >= 4 is 17.7 Å². The quantitative estimate of drug-likeness (QED) is 0.537. The normalized spacial score (nSPS) is 10.6. The van der Waals surface area contributed by atoms with Gasteiger partial charge in [0.2, 0.25) is 5.91 Å². The molecule has 28 heavy (non-hydrogen) atoms. The third-order valence-corrected chi connectivity index (χ3v) is 5.42. The third kappa shape index (κ3) is 4.84. The highest BCUT2D eigenvalue weighted by molar-refractivity contribution is 7.99. The molecule has 0 saturated heterocycles. The Labute approximate surface area is 168 Å². The van der Waals surface area contributed by atoms with Crippen molar-refractivity contribution in [2.24, 2.45) is 0 Å². The van der Waals surface area contributed by atoms with Gasteiger partial charge in [-0.3, -0.25) is 9.36 Å². The topological polar surface area (TPSA) is 75.1 Å². The second-order valence-corrected chi connectivity index (χ2v) is 7.38. The maximum absolute atomic E-state index is 12.7. The number of nitriles is 1. The number of furan rings is 1. The van der Waals surface area contributed by atoms with Gasteiger partial charge in [-0.05, 0) is 49.2 Å². The van der Waals surface area contributed by atoms with Gasteiger partial charge in [-0.2, -0.15) is 5.26 Å². The number of nitrogens with zero attached hydrogens (tertiary/aromatic N) is 4. The van der Waals surface area contributed by atoms with E-state index in [4.69, 9.17) is 9.68 Å². The molecule has 144 valence electrons. The average Bonchev–Trinajstić information content (AvgIpc) is 3.37. The first-order valence-corrected chi connectivity index (χ1v) is 9.98. The summed E-state index contributed by atoms with van der Waals surface area (Å²) in [5.41, 5.74) is 3.46. The predicted octanol–water partition coefficient (Wildman–Crippen LogP) is 4.12. The molecule has 3 aromatic rings. The first kappa shape index (κ1) is 19.8. The van der Waals surface area contributed by atoms with Gasteiger partial charge in [0.05, 0.1) is 31.1 Å². The highest BCUT2D eigenvalue weighted by Gasteiger charge is 2.17. The van der Waals surface area contributed by atoms with Gasteiger partial charge in [-0.1, -0.05) is 17.8 Å². The van der Waals surface area contributed by atoms with Gasteiger partial charge in [0.1, 0.15) is 5.76 Å². The highest BCUT2D eigenvalue weighted by atomic mass is 32.2. The van der Waals surface area contributed by atoms with E-state index in [1.807, 2.05) is 22.9 Å². The minimum absolute atomic E-state index is 0.0497. The molecule has 1 amide bonds. The predicted molar refractivity (Wildman–Crippen MR) is 108 cm³/mol. The van der Waals surface area contributed by atoms with Crippen LogP contribution in [0.4, 0.5) is 0 Å². The first-order chi connectivity index (χ1) is 13.6. The Hall–Kier alpha value is -2.98. The second-order valence-electron chi connectivity index (χ2n) is 6.44. The fraction of sp³-hybridized carbons (Fsp3) is 0.286.